The average Bonchev–Trinajstić information content (AvgIpc) is 2.43. The molecule has 90 valence electrons. The molecule has 0 aliphatic rings. The molecule has 4 nitrogen and oxygen atoms in total. The third-order valence-electron chi connectivity index (χ3n) is 2.97. The number of aryl methyl sites for hydroxylation is 2. The van der Waals surface area contributed by atoms with Gasteiger partial charge in [0, 0.05) is 17.7 Å². The Balaban J connectivity index is 2.76. The molecule has 0 amide bonds. The van der Waals surface area contributed by atoms with Gasteiger partial charge in [-0.15, -0.1) is 0 Å². The van der Waals surface area contributed by atoms with Crippen LogP contribution in [-0.2, 0) is 6.54 Å². The second kappa shape index (κ2) is 4.57. The van der Waals surface area contributed by atoms with Crippen molar-refractivity contribution in [2.45, 2.75) is 40.7 Å². The molecule has 0 bridgehead atoms. The summed E-state index contributed by atoms with van der Waals surface area (Å²) in [7, 11) is 0. The highest BCUT2D eigenvalue weighted by molar-refractivity contribution is 9.10. The molecule has 0 saturated heterocycles. The highest BCUT2D eigenvalue weighted by Gasteiger charge is 2.22. The number of hydrogen-bond donors (Lipinski definition) is 2. The van der Waals surface area contributed by atoms with Gasteiger partial charge in [0.1, 0.15) is 0 Å². The second-order valence-electron chi connectivity index (χ2n) is 4.76. The number of hydrogen-bond acceptors (Lipinski definition) is 2. The molecular formula is C11H19BrN4. The Morgan fingerprint density at radius 1 is 1.50 bits per heavy atom. The largest absolute Gasteiger partial charge is 0.387 e. The maximum Gasteiger partial charge on any atom is 0.0963 e. The standard InChI is InChI=1S/C11H19BrN4/c1-7-9(12)8(2)16(15-7)6-5-11(3,4)10(13)14/h5-6H2,1-4H3,(H3,13,14). The van der Waals surface area contributed by atoms with Crippen LogP contribution in [0.2, 0.25) is 0 Å². The van der Waals surface area contributed by atoms with Gasteiger partial charge in [0.05, 0.1) is 16.0 Å². The van der Waals surface area contributed by atoms with Crippen molar-refractivity contribution in [1.29, 1.82) is 5.41 Å². The lowest BCUT2D eigenvalue weighted by Crippen LogP contribution is -2.32. The minimum Gasteiger partial charge on any atom is -0.387 e. The highest BCUT2D eigenvalue weighted by atomic mass is 79.9. The van der Waals surface area contributed by atoms with Crippen LogP contribution in [0, 0.1) is 24.7 Å². The van der Waals surface area contributed by atoms with E-state index in [9.17, 15) is 0 Å². The molecule has 0 atom stereocenters. The van der Waals surface area contributed by atoms with Gasteiger partial charge in [0.15, 0.2) is 0 Å². The van der Waals surface area contributed by atoms with Crippen LogP contribution in [0.3, 0.4) is 0 Å². The van der Waals surface area contributed by atoms with Crippen molar-refractivity contribution in [2.24, 2.45) is 11.1 Å². The van der Waals surface area contributed by atoms with Crippen LogP contribution >= 0.6 is 15.9 Å². The molecule has 0 aliphatic carbocycles. The van der Waals surface area contributed by atoms with Gasteiger partial charge in [-0.1, -0.05) is 13.8 Å². The zero-order chi connectivity index (χ0) is 12.5. The quantitative estimate of drug-likeness (QED) is 0.660. The van der Waals surface area contributed by atoms with Crippen LogP contribution in [0.15, 0.2) is 4.47 Å². The summed E-state index contributed by atoms with van der Waals surface area (Å²) in [5, 5.41) is 11.9. The van der Waals surface area contributed by atoms with Gasteiger partial charge >= 0.3 is 0 Å². The maximum atomic E-state index is 7.50. The lowest BCUT2D eigenvalue weighted by Gasteiger charge is -2.22. The molecule has 1 aromatic rings. The van der Waals surface area contributed by atoms with E-state index in [1.165, 1.54) is 0 Å². The predicted molar refractivity (Wildman–Crippen MR) is 69.7 cm³/mol. The highest BCUT2D eigenvalue weighted by Crippen LogP contribution is 2.24. The van der Waals surface area contributed by atoms with Crippen molar-refractivity contribution in [3.05, 3.63) is 15.9 Å². The summed E-state index contributed by atoms with van der Waals surface area (Å²) in [5.74, 6) is 0.230. The number of nitrogens with two attached hydrogens (primary N) is 1. The summed E-state index contributed by atoms with van der Waals surface area (Å²) >= 11 is 3.50. The zero-order valence-corrected chi connectivity index (χ0v) is 11.8. The molecule has 1 rings (SSSR count). The van der Waals surface area contributed by atoms with Crippen LogP contribution in [0.1, 0.15) is 31.7 Å². The van der Waals surface area contributed by atoms with E-state index in [2.05, 4.69) is 21.0 Å². The first-order valence-electron chi connectivity index (χ1n) is 5.29. The van der Waals surface area contributed by atoms with Gasteiger partial charge in [0.25, 0.3) is 0 Å². The van der Waals surface area contributed by atoms with Crippen molar-refractivity contribution in [1.82, 2.24) is 9.78 Å². The number of amidine groups is 1. The molecule has 3 N–H and O–H groups in total. The molecule has 0 radical (unpaired) electrons. The number of aromatic nitrogens is 2. The average molecular weight is 287 g/mol. The van der Waals surface area contributed by atoms with Crippen LogP contribution < -0.4 is 5.73 Å². The second-order valence-corrected chi connectivity index (χ2v) is 5.55. The number of nitrogens with zero attached hydrogens (tertiary/aromatic N) is 2. The molecule has 1 heterocycles. The Morgan fingerprint density at radius 3 is 2.44 bits per heavy atom. The van der Waals surface area contributed by atoms with E-state index in [0.29, 0.717) is 0 Å². The molecule has 1 aromatic heterocycles. The monoisotopic (exact) mass is 286 g/mol. The van der Waals surface area contributed by atoms with Crippen LogP contribution in [0.25, 0.3) is 0 Å². The zero-order valence-electron chi connectivity index (χ0n) is 10.3. The Hall–Kier alpha value is -0.840. The third-order valence-corrected chi connectivity index (χ3v) is 4.12. The molecule has 0 fully saturated rings. The maximum absolute atomic E-state index is 7.50. The fourth-order valence-electron chi connectivity index (χ4n) is 1.41. The first kappa shape index (κ1) is 13.2. The van der Waals surface area contributed by atoms with E-state index in [1.807, 2.05) is 32.4 Å². The smallest absolute Gasteiger partial charge is 0.0963 e. The van der Waals surface area contributed by atoms with E-state index in [-0.39, 0.29) is 11.3 Å². The predicted octanol–water partition coefficient (Wildman–Crippen LogP) is 2.61. The van der Waals surface area contributed by atoms with E-state index in [1.54, 1.807) is 0 Å². The van der Waals surface area contributed by atoms with Gasteiger partial charge < -0.3 is 5.73 Å². The van der Waals surface area contributed by atoms with E-state index < -0.39 is 0 Å². The van der Waals surface area contributed by atoms with Gasteiger partial charge in [-0.25, -0.2) is 0 Å². The number of nitrogens with one attached hydrogen (secondary N) is 1. The Morgan fingerprint density at radius 2 is 2.06 bits per heavy atom. The minimum absolute atomic E-state index is 0.230. The normalized spacial score (nSPS) is 11.8. The van der Waals surface area contributed by atoms with Gasteiger partial charge in [-0.3, -0.25) is 10.1 Å². The van der Waals surface area contributed by atoms with Crippen LogP contribution in [0.4, 0.5) is 0 Å². The Labute approximate surface area is 105 Å². The van der Waals surface area contributed by atoms with Crippen LogP contribution in [0.5, 0.6) is 0 Å². The van der Waals surface area contributed by atoms with Crippen molar-refractivity contribution in [3.63, 3.8) is 0 Å². The lowest BCUT2D eigenvalue weighted by atomic mass is 9.88. The molecule has 0 unspecified atom stereocenters. The number of halogens is 1. The van der Waals surface area contributed by atoms with Crippen molar-refractivity contribution >= 4 is 21.8 Å². The molecule has 0 saturated carbocycles. The molecule has 5 heteroatoms. The summed E-state index contributed by atoms with van der Waals surface area (Å²) in [6.07, 6.45) is 0.816. The fraction of sp³-hybridized carbons (Fsp3) is 0.636. The summed E-state index contributed by atoms with van der Waals surface area (Å²) < 4.78 is 3.03. The van der Waals surface area contributed by atoms with E-state index in [4.69, 9.17) is 11.1 Å². The topological polar surface area (TPSA) is 67.7 Å². The third kappa shape index (κ3) is 2.64. The Kier molecular flexibility index (Phi) is 3.78. The Bertz CT molecular complexity index is 406. The molecular weight excluding hydrogens is 268 g/mol. The fourth-order valence-corrected chi connectivity index (χ4v) is 1.70. The van der Waals surface area contributed by atoms with E-state index in [0.717, 1.165) is 28.8 Å². The van der Waals surface area contributed by atoms with Crippen molar-refractivity contribution < 1.29 is 0 Å². The molecule has 0 spiro atoms. The minimum atomic E-state index is -0.265. The van der Waals surface area contributed by atoms with E-state index >= 15 is 0 Å². The summed E-state index contributed by atoms with van der Waals surface area (Å²) in [5.41, 5.74) is 7.41. The summed E-state index contributed by atoms with van der Waals surface area (Å²) in [4.78, 5) is 0. The molecule has 16 heavy (non-hydrogen) atoms. The first-order chi connectivity index (χ1) is 7.25. The first-order valence-corrected chi connectivity index (χ1v) is 6.09. The number of rotatable bonds is 4. The van der Waals surface area contributed by atoms with Gasteiger partial charge in [-0.2, -0.15) is 5.10 Å². The molecule has 0 aliphatic heterocycles. The summed E-state index contributed by atoms with van der Waals surface area (Å²) in [6, 6.07) is 0. The van der Waals surface area contributed by atoms with Gasteiger partial charge in [0.2, 0.25) is 0 Å². The van der Waals surface area contributed by atoms with Crippen molar-refractivity contribution in [2.75, 3.05) is 0 Å². The van der Waals surface area contributed by atoms with Gasteiger partial charge in [-0.05, 0) is 36.2 Å². The summed E-state index contributed by atoms with van der Waals surface area (Å²) in [6.45, 7) is 8.76. The van der Waals surface area contributed by atoms with Crippen LogP contribution in [-0.4, -0.2) is 15.6 Å². The SMILES string of the molecule is Cc1nn(CCC(C)(C)C(=N)N)c(C)c1Br. The van der Waals surface area contributed by atoms with Crippen molar-refractivity contribution in [3.8, 4) is 0 Å². The lowest BCUT2D eigenvalue weighted by molar-refractivity contribution is 0.407. The molecule has 0 aromatic carbocycles.